The Morgan fingerprint density at radius 3 is 2.83 bits per heavy atom. The molecule has 0 aliphatic rings. The summed E-state index contributed by atoms with van der Waals surface area (Å²) in [4.78, 5) is 2.03. The fourth-order valence-electron chi connectivity index (χ4n) is 1.79. The third-order valence-corrected chi connectivity index (χ3v) is 2.61. The lowest BCUT2D eigenvalue weighted by molar-refractivity contribution is 0.287. The second kappa shape index (κ2) is 5.48. The summed E-state index contributed by atoms with van der Waals surface area (Å²) in [5.41, 5.74) is 0.987. The van der Waals surface area contributed by atoms with E-state index in [-0.39, 0.29) is 5.56 Å². The van der Waals surface area contributed by atoms with Crippen LogP contribution in [0, 0.1) is 17.1 Å². The zero-order chi connectivity index (χ0) is 13.0. The van der Waals surface area contributed by atoms with Gasteiger partial charge in [-0.3, -0.25) is 4.90 Å². The monoisotopic (exact) mass is 244 g/mol. The van der Waals surface area contributed by atoms with Gasteiger partial charge in [0.15, 0.2) is 0 Å². The second-order valence-electron chi connectivity index (χ2n) is 4.18. The number of hydrogen-bond donors (Lipinski definition) is 0. The Hall–Kier alpha value is -2.12. The molecule has 1 aromatic heterocycles. The average molecular weight is 244 g/mol. The summed E-state index contributed by atoms with van der Waals surface area (Å²) < 4.78 is 18.4. The predicted octanol–water partition coefficient (Wildman–Crippen LogP) is 2.92. The third kappa shape index (κ3) is 2.96. The van der Waals surface area contributed by atoms with Crippen molar-refractivity contribution in [3.63, 3.8) is 0 Å². The minimum atomic E-state index is -0.477. The number of nitrogens with zero attached hydrogens (tertiary/aromatic N) is 2. The van der Waals surface area contributed by atoms with Crippen LogP contribution >= 0.6 is 0 Å². The van der Waals surface area contributed by atoms with Gasteiger partial charge in [-0.15, -0.1) is 0 Å². The van der Waals surface area contributed by atoms with Crippen molar-refractivity contribution in [3.8, 4) is 6.07 Å². The maximum atomic E-state index is 13.2. The highest BCUT2D eigenvalue weighted by Crippen LogP contribution is 2.12. The molecule has 0 bridgehead atoms. The van der Waals surface area contributed by atoms with Gasteiger partial charge in [0.05, 0.1) is 18.4 Å². The third-order valence-electron chi connectivity index (χ3n) is 2.61. The molecule has 0 N–H and O–H groups in total. The molecule has 0 atom stereocenters. The van der Waals surface area contributed by atoms with E-state index in [1.54, 1.807) is 18.4 Å². The topological polar surface area (TPSA) is 40.2 Å². The lowest BCUT2D eigenvalue weighted by Gasteiger charge is -2.15. The Morgan fingerprint density at radius 1 is 1.33 bits per heavy atom. The molecular weight excluding hydrogens is 231 g/mol. The zero-order valence-corrected chi connectivity index (χ0v) is 10.1. The zero-order valence-electron chi connectivity index (χ0n) is 10.1. The van der Waals surface area contributed by atoms with E-state index in [0.717, 1.165) is 11.3 Å². The van der Waals surface area contributed by atoms with E-state index in [1.165, 1.54) is 6.07 Å². The van der Waals surface area contributed by atoms with Crippen LogP contribution < -0.4 is 0 Å². The number of nitriles is 1. The van der Waals surface area contributed by atoms with E-state index in [4.69, 9.17) is 9.68 Å². The van der Waals surface area contributed by atoms with Gasteiger partial charge in [-0.2, -0.15) is 5.26 Å². The summed E-state index contributed by atoms with van der Waals surface area (Å²) in [6.45, 7) is 1.31. The van der Waals surface area contributed by atoms with Crippen LogP contribution in [0.5, 0.6) is 0 Å². The Morgan fingerprint density at radius 2 is 2.17 bits per heavy atom. The summed E-state index contributed by atoms with van der Waals surface area (Å²) in [6.07, 6.45) is 1.63. The molecule has 0 saturated heterocycles. The first-order valence-electron chi connectivity index (χ1n) is 5.58. The van der Waals surface area contributed by atoms with Crippen molar-refractivity contribution in [1.82, 2.24) is 4.90 Å². The van der Waals surface area contributed by atoms with Gasteiger partial charge in [0, 0.05) is 6.54 Å². The van der Waals surface area contributed by atoms with Crippen LogP contribution in [-0.2, 0) is 13.1 Å². The maximum Gasteiger partial charge on any atom is 0.140 e. The summed E-state index contributed by atoms with van der Waals surface area (Å²) in [6, 6.07) is 10.2. The van der Waals surface area contributed by atoms with E-state index in [2.05, 4.69) is 0 Å². The highest BCUT2D eigenvalue weighted by molar-refractivity contribution is 5.34. The molecule has 2 rings (SSSR count). The largest absolute Gasteiger partial charge is 0.468 e. The molecule has 0 saturated carbocycles. The van der Waals surface area contributed by atoms with E-state index >= 15 is 0 Å². The number of halogens is 1. The highest BCUT2D eigenvalue weighted by Gasteiger charge is 2.06. The molecule has 0 spiro atoms. The predicted molar refractivity (Wildman–Crippen MR) is 65.0 cm³/mol. The maximum absolute atomic E-state index is 13.2. The SMILES string of the molecule is CN(Cc1ccc(F)c(C#N)c1)Cc1ccco1. The molecule has 92 valence electrons. The first kappa shape index (κ1) is 12.3. The van der Waals surface area contributed by atoms with Gasteiger partial charge in [-0.25, -0.2) is 4.39 Å². The molecule has 4 heteroatoms. The molecule has 0 radical (unpaired) electrons. The fraction of sp³-hybridized carbons (Fsp3) is 0.214. The molecule has 3 nitrogen and oxygen atoms in total. The lowest BCUT2D eigenvalue weighted by atomic mass is 10.1. The Kier molecular flexibility index (Phi) is 3.75. The van der Waals surface area contributed by atoms with E-state index in [1.807, 2.05) is 30.1 Å². The molecule has 2 aromatic rings. The molecular formula is C14H13FN2O. The Bertz CT molecular complexity index is 558. The van der Waals surface area contributed by atoms with Crippen LogP contribution in [0.2, 0.25) is 0 Å². The van der Waals surface area contributed by atoms with Crippen LogP contribution in [0.4, 0.5) is 4.39 Å². The van der Waals surface area contributed by atoms with Crippen molar-refractivity contribution in [1.29, 1.82) is 5.26 Å². The van der Waals surface area contributed by atoms with Gasteiger partial charge in [-0.05, 0) is 36.9 Å². The summed E-state index contributed by atoms with van der Waals surface area (Å²) in [5, 5.41) is 8.77. The van der Waals surface area contributed by atoms with Crippen LogP contribution in [0.1, 0.15) is 16.9 Å². The quantitative estimate of drug-likeness (QED) is 0.830. The van der Waals surface area contributed by atoms with Crippen LogP contribution in [0.15, 0.2) is 41.0 Å². The molecule has 0 aliphatic heterocycles. The first-order chi connectivity index (χ1) is 8.69. The minimum Gasteiger partial charge on any atom is -0.468 e. The normalized spacial score (nSPS) is 10.6. The van der Waals surface area contributed by atoms with Crippen LogP contribution in [0.3, 0.4) is 0 Å². The van der Waals surface area contributed by atoms with E-state index in [9.17, 15) is 4.39 Å². The highest BCUT2D eigenvalue weighted by atomic mass is 19.1. The number of hydrogen-bond acceptors (Lipinski definition) is 3. The number of benzene rings is 1. The van der Waals surface area contributed by atoms with Crippen molar-refractivity contribution in [2.24, 2.45) is 0 Å². The van der Waals surface area contributed by atoms with Gasteiger partial charge in [-0.1, -0.05) is 6.07 Å². The summed E-state index contributed by atoms with van der Waals surface area (Å²) in [7, 11) is 1.94. The minimum absolute atomic E-state index is 0.0823. The van der Waals surface area contributed by atoms with Crippen molar-refractivity contribution in [2.75, 3.05) is 7.05 Å². The van der Waals surface area contributed by atoms with E-state index < -0.39 is 5.82 Å². The van der Waals surface area contributed by atoms with Gasteiger partial charge < -0.3 is 4.42 Å². The van der Waals surface area contributed by atoms with Gasteiger partial charge >= 0.3 is 0 Å². The molecule has 18 heavy (non-hydrogen) atoms. The van der Waals surface area contributed by atoms with Gasteiger partial charge in [0.1, 0.15) is 17.6 Å². The summed E-state index contributed by atoms with van der Waals surface area (Å²) in [5.74, 6) is 0.398. The Balaban J connectivity index is 2.03. The van der Waals surface area contributed by atoms with Crippen molar-refractivity contribution in [3.05, 3.63) is 59.3 Å². The smallest absolute Gasteiger partial charge is 0.140 e. The molecule has 0 amide bonds. The molecule has 1 aromatic carbocycles. The van der Waals surface area contributed by atoms with E-state index in [0.29, 0.717) is 13.1 Å². The Labute approximate surface area is 105 Å². The number of rotatable bonds is 4. The number of furan rings is 1. The molecule has 1 heterocycles. The lowest BCUT2D eigenvalue weighted by Crippen LogP contribution is -2.16. The molecule has 0 fully saturated rings. The van der Waals surface area contributed by atoms with Gasteiger partial charge in [0.2, 0.25) is 0 Å². The first-order valence-corrected chi connectivity index (χ1v) is 5.58. The van der Waals surface area contributed by atoms with Crippen molar-refractivity contribution < 1.29 is 8.81 Å². The molecule has 0 unspecified atom stereocenters. The molecule has 0 aliphatic carbocycles. The van der Waals surface area contributed by atoms with Crippen LogP contribution in [-0.4, -0.2) is 11.9 Å². The average Bonchev–Trinajstić information content (AvgIpc) is 2.84. The van der Waals surface area contributed by atoms with Crippen molar-refractivity contribution >= 4 is 0 Å². The standard InChI is InChI=1S/C14H13FN2O/c1-17(10-13-3-2-6-18-13)9-11-4-5-14(15)12(7-11)8-16/h2-7H,9-10H2,1H3. The summed E-state index contributed by atoms with van der Waals surface area (Å²) >= 11 is 0. The van der Waals surface area contributed by atoms with Crippen LogP contribution in [0.25, 0.3) is 0 Å². The van der Waals surface area contributed by atoms with Crippen molar-refractivity contribution in [2.45, 2.75) is 13.1 Å². The fourth-order valence-corrected chi connectivity index (χ4v) is 1.79. The second-order valence-corrected chi connectivity index (χ2v) is 4.18. The van der Waals surface area contributed by atoms with Gasteiger partial charge in [0.25, 0.3) is 0 Å².